The van der Waals surface area contributed by atoms with Gasteiger partial charge in [-0.05, 0) is 61.0 Å². The van der Waals surface area contributed by atoms with Crippen LogP contribution < -0.4 is 15.5 Å². The first kappa shape index (κ1) is 18.4. The fraction of sp³-hybridized carbons (Fsp3) is 0.190. The fourth-order valence-corrected chi connectivity index (χ4v) is 4.42. The Kier molecular flexibility index (Phi) is 5.00. The molecule has 144 valence electrons. The van der Waals surface area contributed by atoms with Gasteiger partial charge in [-0.15, -0.1) is 0 Å². The second-order valence-electron chi connectivity index (χ2n) is 6.56. The van der Waals surface area contributed by atoms with E-state index in [1.807, 2.05) is 48.0 Å². The molecule has 0 fully saturated rings. The molecule has 4 rings (SSSR count). The van der Waals surface area contributed by atoms with Crippen molar-refractivity contribution in [1.82, 2.24) is 4.68 Å². The van der Waals surface area contributed by atoms with Crippen LogP contribution in [0, 0.1) is 12.7 Å². The molecule has 2 atom stereocenters. The average molecular weight is 397 g/mol. The van der Waals surface area contributed by atoms with Crippen LogP contribution in [0.3, 0.4) is 0 Å². The highest BCUT2D eigenvalue weighted by Crippen LogP contribution is 2.39. The number of benzene rings is 2. The molecule has 1 aliphatic rings. The molecular formula is C21H20FN3O2S. The van der Waals surface area contributed by atoms with E-state index in [4.69, 9.17) is 4.74 Å². The van der Waals surface area contributed by atoms with E-state index in [1.54, 1.807) is 19.2 Å². The number of hydrogen-bond acceptors (Lipinski definition) is 4. The van der Waals surface area contributed by atoms with Crippen molar-refractivity contribution in [3.8, 4) is 5.75 Å². The van der Waals surface area contributed by atoms with Crippen molar-refractivity contribution >= 4 is 23.4 Å². The topological polar surface area (TPSA) is 55.3 Å². The molecule has 5 nitrogen and oxygen atoms in total. The fourth-order valence-electron chi connectivity index (χ4n) is 3.19. The third-order valence-electron chi connectivity index (χ3n) is 4.70. The van der Waals surface area contributed by atoms with Crippen LogP contribution in [-0.4, -0.2) is 22.9 Å². The molecule has 0 unspecified atom stereocenters. The number of halogens is 1. The molecule has 1 aliphatic heterocycles. The van der Waals surface area contributed by atoms with Crippen LogP contribution >= 0.6 is 11.8 Å². The van der Waals surface area contributed by atoms with Crippen molar-refractivity contribution < 1.29 is 13.9 Å². The van der Waals surface area contributed by atoms with Crippen molar-refractivity contribution in [3.63, 3.8) is 0 Å². The smallest absolute Gasteiger partial charge is 0.240 e. The lowest BCUT2D eigenvalue weighted by molar-refractivity contribution is -0.116. The number of carbonyl (C=O) groups is 1. The number of amides is 1. The van der Waals surface area contributed by atoms with E-state index < -0.39 is 5.25 Å². The first-order chi connectivity index (χ1) is 13.5. The van der Waals surface area contributed by atoms with Crippen molar-refractivity contribution in [2.24, 2.45) is 0 Å². The molecule has 0 aliphatic carbocycles. The number of fused-ring (bicyclic) bond motifs is 1. The van der Waals surface area contributed by atoms with Gasteiger partial charge in [-0.1, -0.05) is 23.9 Å². The predicted octanol–water partition coefficient (Wildman–Crippen LogP) is 4.34. The molecule has 2 N–H and O–H groups in total. The van der Waals surface area contributed by atoms with E-state index >= 15 is 0 Å². The van der Waals surface area contributed by atoms with Gasteiger partial charge in [-0.3, -0.25) is 9.47 Å². The molecule has 0 spiro atoms. The summed E-state index contributed by atoms with van der Waals surface area (Å²) in [7, 11) is 1.62. The maximum Gasteiger partial charge on any atom is 0.240 e. The molecule has 3 aromatic rings. The van der Waals surface area contributed by atoms with Crippen molar-refractivity contribution in [3.05, 3.63) is 77.7 Å². The van der Waals surface area contributed by atoms with Crippen LogP contribution in [0.15, 0.2) is 65.7 Å². The normalized spacial score (nSPS) is 18.1. The SMILES string of the molecule is COc1ccc([C@@H]2Nn3c(C)ccc3S[C@H]2C(=O)Nc2ccc(F)cc2)cc1. The Morgan fingerprint density at radius 2 is 1.82 bits per heavy atom. The molecular weight excluding hydrogens is 377 g/mol. The van der Waals surface area contributed by atoms with Crippen LogP contribution in [0.2, 0.25) is 0 Å². The molecule has 28 heavy (non-hydrogen) atoms. The Balaban J connectivity index is 1.64. The molecule has 0 bridgehead atoms. The quantitative estimate of drug-likeness (QED) is 0.688. The Morgan fingerprint density at radius 3 is 2.50 bits per heavy atom. The lowest BCUT2D eigenvalue weighted by Crippen LogP contribution is -2.41. The lowest BCUT2D eigenvalue weighted by Gasteiger charge is -2.34. The summed E-state index contributed by atoms with van der Waals surface area (Å²) in [6.45, 7) is 2.01. The number of carbonyl (C=O) groups excluding carboxylic acids is 1. The van der Waals surface area contributed by atoms with Gasteiger partial charge in [0, 0.05) is 11.4 Å². The number of hydrogen-bond donors (Lipinski definition) is 2. The summed E-state index contributed by atoms with van der Waals surface area (Å²) >= 11 is 1.50. The number of aromatic nitrogens is 1. The van der Waals surface area contributed by atoms with Crippen LogP contribution in [0.25, 0.3) is 0 Å². The molecule has 2 heterocycles. The monoisotopic (exact) mass is 397 g/mol. The van der Waals surface area contributed by atoms with Gasteiger partial charge in [-0.25, -0.2) is 4.39 Å². The molecule has 7 heteroatoms. The van der Waals surface area contributed by atoms with E-state index in [9.17, 15) is 9.18 Å². The minimum atomic E-state index is -0.403. The van der Waals surface area contributed by atoms with Crippen molar-refractivity contribution in [2.75, 3.05) is 17.9 Å². The van der Waals surface area contributed by atoms with Gasteiger partial charge in [-0.2, -0.15) is 0 Å². The van der Waals surface area contributed by atoms with Gasteiger partial charge >= 0.3 is 0 Å². The maximum atomic E-state index is 13.2. The van der Waals surface area contributed by atoms with Gasteiger partial charge < -0.3 is 15.5 Å². The van der Waals surface area contributed by atoms with E-state index in [1.165, 1.54) is 23.9 Å². The number of rotatable bonds is 4. The average Bonchev–Trinajstić information content (AvgIpc) is 3.09. The Hall–Kier alpha value is -2.93. The summed E-state index contributed by atoms with van der Waals surface area (Å²) in [4.78, 5) is 13.1. The summed E-state index contributed by atoms with van der Waals surface area (Å²) in [5.41, 5.74) is 6.07. The molecule has 0 saturated carbocycles. The molecule has 2 aromatic carbocycles. The third kappa shape index (κ3) is 3.57. The maximum absolute atomic E-state index is 13.2. The Bertz CT molecular complexity index is 986. The number of thioether (sulfide) groups is 1. The van der Waals surface area contributed by atoms with E-state index in [-0.39, 0.29) is 17.8 Å². The summed E-state index contributed by atoms with van der Waals surface area (Å²) in [5.74, 6) is 0.281. The zero-order valence-electron chi connectivity index (χ0n) is 15.5. The number of anilines is 1. The minimum Gasteiger partial charge on any atom is -0.497 e. The highest BCUT2D eigenvalue weighted by Gasteiger charge is 2.36. The minimum absolute atomic E-state index is 0.143. The first-order valence-corrected chi connectivity index (χ1v) is 9.75. The molecule has 0 radical (unpaired) electrons. The largest absolute Gasteiger partial charge is 0.497 e. The van der Waals surface area contributed by atoms with Gasteiger partial charge in [0.05, 0.1) is 18.2 Å². The van der Waals surface area contributed by atoms with Crippen LogP contribution in [0.4, 0.5) is 10.1 Å². The summed E-state index contributed by atoms with van der Waals surface area (Å²) < 4.78 is 20.4. The molecule has 1 amide bonds. The molecule has 1 aromatic heterocycles. The van der Waals surface area contributed by atoms with E-state index in [2.05, 4.69) is 10.7 Å². The lowest BCUT2D eigenvalue weighted by atomic mass is 10.0. The van der Waals surface area contributed by atoms with E-state index in [0.717, 1.165) is 22.0 Å². The Morgan fingerprint density at radius 1 is 1.11 bits per heavy atom. The summed E-state index contributed by atoms with van der Waals surface area (Å²) in [5, 5.41) is 3.47. The van der Waals surface area contributed by atoms with Crippen LogP contribution in [-0.2, 0) is 4.79 Å². The highest BCUT2D eigenvalue weighted by molar-refractivity contribution is 8.00. The van der Waals surface area contributed by atoms with Gasteiger partial charge in [0.25, 0.3) is 0 Å². The van der Waals surface area contributed by atoms with Crippen molar-refractivity contribution in [1.29, 1.82) is 0 Å². The number of nitrogens with one attached hydrogen (secondary N) is 2. The van der Waals surface area contributed by atoms with Gasteiger partial charge in [0.15, 0.2) is 0 Å². The predicted molar refractivity (Wildman–Crippen MR) is 109 cm³/mol. The van der Waals surface area contributed by atoms with Crippen LogP contribution in [0.1, 0.15) is 17.3 Å². The van der Waals surface area contributed by atoms with Gasteiger partial charge in [0.1, 0.15) is 16.8 Å². The number of methoxy groups -OCH3 is 1. The zero-order chi connectivity index (χ0) is 19.7. The second-order valence-corrected chi connectivity index (χ2v) is 7.72. The van der Waals surface area contributed by atoms with Crippen molar-refractivity contribution in [2.45, 2.75) is 23.2 Å². The van der Waals surface area contributed by atoms with E-state index in [0.29, 0.717) is 5.69 Å². The molecule has 0 saturated heterocycles. The first-order valence-electron chi connectivity index (χ1n) is 8.87. The summed E-state index contributed by atoms with van der Waals surface area (Å²) in [6.07, 6.45) is 0. The third-order valence-corrected chi connectivity index (χ3v) is 6.00. The number of aryl methyl sites for hydroxylation is 1. The van der Waals surface area contributed by atoms with Crippen LogP contribution in [0.5, 0.6) is 5.75 Å². The standard InChI is InChI=1S/C21H20FN3O2S/c1-13-3-12-18-25(13)24-19(14-4-10-17(27-2)11-5-14)20(28-18)21(26)23-16-8-6-15(22)7-9-16/h3-12,19-20,24H,1-2H3,(H,23,26)/t19-,20+/m0/s1. The summed E-state index contributed by atoms with van der Waals surface area (Å²) in [6, 6.07) is 17.2. The number of ether oxygens (including phenoxy) is 1. The van der Waals surface area contributed by atoms with Gasteiger partial charge in [0.2, 0.25) is 5.91 Å². The Labute approximate surface area is 166 Å². The highest BCUT2D eigenvalue weighted by atomic mass is 32.2. The zero-order valence-corrected chi connectivity index (χ0v) is 16.3. The number of nitrogens with zero attached hydrogens (tertiary/aromatic N) is 1. The second kappa shape index (κ2) is 7.59.